The Balaban J connectivity index is 1.33. The lowest BCUT2D eigenvalue weighted by molar-refractivity contribution is -0.125. The van der Waals surface area contributed by atoms with Gasteiger partial charge in [0, 0.05) is 38.8 Å². The molecule has 9 nitrogen and oxygen atoms in total. The summed E-state index contributed by atoms with van der Waals surface area (Å²) in [5, 5.41) is 5.01. The molecule has 166 valence electrons. The van der Waals surface area contributed by atoms with Gasteiger partial charge in [0.25, 0.3) is 5.91 Å². The summed E-state index contributed by atoms with van der Waals surface area (Å²) in [5.41, 5.74) is 4.57. The second-order valence-electron chi connectivity index (χ2n) is 7.97. The first-order chi connectivity index (χ1) is 15.4. The van der Waals surface area contributed by atoms with Gasteiger partial charge in [0.15, 0.2) is 0 Å². The molecule has 1 saturated heterocycles. The summed E-state index contributed by atoms with van der Waals surface area (Å²) in [4.78, 5) is 55.3. The highest BCUT2D eigenvalue weighted by molar-refractivity contribution is 5.98. The molecule has 32 heavy (non-hydrogen) atoms. The summed E-state index contributed by atoms with van der Waals surface area (Å²) < 4.78 is 0. The molecule has 0 saturated carbocycles. The van der Waals surface area contributed by atoms with Gasteiger partial charge in [-0.15, -0.1) is 0 Å². The minimum Gasteiger partial charge on any atom is -0.350 e. The van der Waals surface area contributed by atoms with Crippen molar-refractivity contribution in [2.75, 3.05) is 13.1 Å². The number of nitrogens with one attached hydrogen (secondary N) is 2. The number of carbonyl (C=O) groups excluding carboxylic acids is 4. The quantitative estimate of drug-likeness (QED) is 0.712. The Hall–Kier alpha value is -3.75. The molecule has 0 bridgehead atoms. The Bertz CT molecular complexity index is 1080. The van der Waals surface area contributed by atoms with Gasteiger partial charge >= 0.3 is 6.03 Å². The molecule has 0 atom stereocenters. The van der Waals surface area contributed by atoms with Crippen molar-refractivity contribution in [2.24, 2.45) is 0 Å². The van der Waals surface area contributed by atoms with Crippen LogP contribution in [0.25, 0.3) is 0 Å². The number of urea groups is 1. The Morgan fingerprint density at radius 3 is 2.69 bits per heavy atom. The minimum atomic E-state index is -0.544. The summed E-state index contributed by atoms with van der Waals surface area (Å²) >= 11 is 0. The van der Waals surface area contributed by atoms with Gasteiger partial charge in [0.05, 0.1) is 0 Å². The van der Waals surface area contributed by atoms with Crippen LogP contribution in [-0.4, -0.2) is 51.6 Å². The third-order valence-electron chi connectivity index (χ3n) is 5.70. The molecule has 2 aliphatic rings. The van der Waals surface area contributed by atoms with E-state index in [1.54, 1.807) is 11.1 Å². The Morgan fingerprint density at radius 1 is 1.09 bits per heavy atom. The number of aromatic nitrogens is 1. The maximum atomic E-state index is 12.9. The summed E-state index contributed by atoms with van der Waals surface area (Å²) in [7, 11) is 0. The largest absolute Gasteiger partial charge is 0.350 e. The zero-order valence-corrected chi connectivity index (χ0v) is 17.9. The summed E-state index contributed by atoms with van der Waals surface area (Å²) in [6.45, 7) is 3.51. The summed E-state index contributed by atoms with van der Waals surface area (Å²) in [5.74, 6) is -0.718. The molecule has 0 unspecified atom stereocenters. The Labute approximate surface area is 185 Å². The van der Waals surface area contributed by atoms with E-state index in [0.29, 0.717) is 25.3 Å². The van der Waals surface area contributed by atoms with Gasteiger partial charge in [0.1, 0.15) is 12.2 Å². The average Bonchev–Trinajstić information content (AvgIpc) is 3.22. The van der Waals surface area contributed by atoms with Crippen molar-refractivity contribution in [1.82, 2.24) is 25.4 Å². The van der Waals surface area contributed by atoms with Crippen molar-refractivity contribution in [3.05, 3.63) is 64.5 Å². The van der Waals surface area contributed by atoms with E-state index in [-0.39, 0.29) is 37.2 Å². The molecule has 0 aliphatic carbocycles. The van der Waals surface area contributed by atoms with Crippen molar-refractivity contribution in [1.29, 1.82) is 0 Å². The van der Waals surface area contributed by atoms with Crippen LogP contribution in [0.4, 0.5) is 4.79 Å². The van der Waals surface area contributed by atoms with Crippen LogP contribution in [-0.2, 0) is 35.6 Å². The molecule has 0 radical (unpaired) electrons. The number of hydrogen-bond donors (Lipinski definition) is 2. The van der Waals surface area contributed by atoms with Crippen molar-refractivity contribution in [3.8, 4) is 0 Å². The van der Waals surface area contributed by atoms with E-state index in [1.165, 1.54) is 4.90 Å². The minimum absolute atomic E-state index is 0.0929. The molecular weight excluding hydrogens is 410 g/mol. The topological polar surface area (TPSA) is 112 Å². The molecule has 9 heteroatoms. The molecule has 1 fully saturated rings. The van der Waals surface area contributed by atoms with E-state index in [1.807, 2.05) is 37.3 Å². The Morgan fingerprint density at radius 2 is 1.91 bits per heavy atom. The second kappa shape index (κ2) is 9.17. The number of amides is 5. The number of benzene rings is 1. The Kier molecular flexibility index (Phi) is 6.16. The number of aryl methyl sites for hydroxylation is 1. The molecule has 2 aromatic rings. The van der Waals surface area contributed by atoms with Gasteiger partial charge in [-0.2, -0.15) is 0 Å². The molecule has 1 aromatic carbocycles. The fourth-order valence-electron chi connectivity index (χ4n) is 3.85. The van der Waals surface area contributed by atoms with Crippen LogP contribution < -0.4 is 10.6 Å². The number of carbonyl (C=O) groups is 4. The molecule has 2 aliphatic heterocycles. The van der Waals surface area contributed by atoms with E-state index in [9.17, 15) is 19.2 Å². The van der Waals surface area contributed by atoms with Crippen molar-refractivity contribution < 1.29 is 19.2 Å². The summed E-state index contributed by atoms with van der Waals surface area (Å²) in [6.07, 6.45) is 2.71. The van der Waals surface area contributed by atoms with E-state index < -0.39 is 6.03 Å². The SMILES string of the molecule is CCc1ccnc(C(=O)N2Cc3ccc(CNC(=O)CN4CCC(=O)NC4=O)cc3C2)c1. The van der Waals surface area contributed by atoms with E-state index in [4.69, 9.17) is 0 Å². The average molecular weight is 435 g/mol. The van der Waals surface area contributed by atoms with Crippen LogP contribution in [0, 0.1) is 0 Å². The molecule has 2 N–H and O–H groups in total. The normalized spacial score (nSPS) is 15.4. The predicted molar refractivity (Wildman–Crippen MR) is 115 cm³/mol. The van der Waals surface area contributed by atoms with Gasteiger partial charge in [0.2, 0.25) is 11.8 Å². The van der Waals surface area contributed by atoms with Crippen LogP contribution >= 0.6 is 0 Å². The highest BCUT2D eigenvalue weighted by Crippen LogP contribution is 2.25. The molecule has 4 rings (SSSR count). The fourth-order valence-corrected chi connectivity index (χ4v) is 3.85. The molecule has 0 spiro atoms. The first kappa shape index (κ1) is 21.5. The fraction of sp³-hybridized carbons (Fsp3) is 0.348. The van der Waals surface area contributed by atoms with Crippen LogP contribution in [0.5, 0.6) is 0 Å². The highest BCUT2D eigenvalue weighted by Gasteiger charge is 2.26. The van der Waals surface area contributed by atoms with Gasteiger partial charge in [-0.05, 0) is 40.8 Å². The monoisotopic (exact) mass is 435 g/mol. The van der Waals surface area contributed by atoms with Crippen molar-refractivity contribution in [2.45, 2.75) is 39.4 Å². The molecular formula is C23H25N5O4. The van der Waals surface area contributed by atoms with Gasteiger partial charge in [-0.3, -0.25) is 24.7 Å². The molecule has 1 aromatic heterocycles. The van der Waals surface area contributed by atoms with Crippen LogP contribution in [0.2, 0.25) is 0 Å². The number of pyridine rings is 1. The molecule has 3 heterocycles. The predicted octanol–water partition coefficient (Wildman–Crippen LogP) is 1.36. The standard InChI is InChI=1S/C23H25N5O4/c1-2-15-5-7-24-19(10-15)22(31)28-12-17-4-3-16(9-18(17)13-28)11-25-21(30)14-27-8-6-20(29)26-23(27)32/h3-5,7,9-10H,2,6,8,11-14H2,1H3,(H,25,30)(H,26,29,32). The number of nitrogens with zero attached hydrogens (tertiary/aromatic N) is 3. The van der Waals surface area contributed by atoms with E-state index in [2.05, 4.69) is 15.6 Å². The number of fused-ring (bicyclic) bond motifs is 1. The van der Waals surface area contributed by atoms with E-state index >= 15 is 0 Å². The van der Waals surface area contributed by atoms with Gasteiger partial charge in [-0.25, -0.2) is 4.79 Å². The second-order valence-corrected chi connectivity index (χ2v) is 7.97. The van der Waals surface area contributed by atoms with Gasteiger partial charge < -0.3 is 15.1 Å². The lowest BCUT2D eigenvalue weighted by Crippen LogP contribution is -2.52. The zero-order valence-electron chi connectivity index (χ0n) is 17.9. The van der Waals surface area contributed by atoms with E-state index in [0.717, 1.165) is 28.7 Å². The maximum absolute atomic E-state index is 12.9. The van der Waals surface area contributed by atoms with Crippen molar-refractivity contribution in [3.63, 3.8) is 0 Å². The van der Waals surface area contributed by atoms with Crippen LogP contribution in [0.1, 0.15) is 46.1 Å². The maximum Gasteiger partial charge on any atom is 0.324 e. The van der Waals surface area contributed by atoms with Gasteiger partial charge in [-0.1, -0.05) is 25.1 Å². The third kappa shape index (κ3) is 4.77. The zero-order chi connectivity index (χ0) is 22.7. The third-order valence-corrected chi connectivity index (χ3v) is 5.70. The first-order valence-electron chi connectivity index (χ1n) is 10.6. The summed E-state index contributed by atoms with van der Waals surface area (Å²) in [6, 6.07) is 9.10. The number of hydrogen-bond acceptors (Lipinski definition) is 5. The first-order valence-corrected chi connectivity index (χ1v) is 10.6. The molecule has 5 amide bonds. The number of imide groups is 1. The van der Waals surface area contributed by atoms with Crippen LogP contribution in [0.3, 0.4) is 0 Å². The smallest absolute Gasteiger partial charge is 0.324 e. The lowest BCUT2D eigenvalue weighted by atomic mass is 10.1. The van der Waals surface area contributed by atoms with Crippen molar-refractivity contribution >= 4 is 23.8 Å². The van der Waals surface area contributed by atoms with Crippen LogP contribution in [0.15, 0.2) is 36.5 Å². The highest BCUT2D eigenvalue weighted by atomic mass is 16.2. The lowest BCUT2D eigenvalue weighted by Gasteiger charge is -2.25. The number of rotatable bonds is 6.